The van der Waals surface area contributed by atoms with Gasteiger partial charge in [-0.3, -0.25) is 5.01 Å². The van der Waals surface area contributed by atoms with Gasteiger partial charge in [0.15, 0.2) is 0 Å². The van der Waals surface area contributed by atoms with Crippen LogP contribution < -0.4 is 5.01 Å². The van der Waals surface area contributed by atoms with Crippen molar-refractivity contribution in [2.45, 2.75) is 39.0 Å². The van der Waals surface area contributed by atoms with Gasteiger partial charge in [0.1, 0.15) is 0 Å². The third-order valence-corrected chi connectivity index (χ3v) is 2.97. The van der Waals surface area contributed by atoms with Gasteiger partial charge in [-0.05, 0) is 30.5 Å². The van der Waals surface area contributed by atoms with Crippen LogP contribution in [-0.4, -0.2) is 12.8 Å². The highest BCUT2D eigenvalue weighted by Gasteiger charge is 2.08. The number of hydrogen-bond acceptors (Lipinski definition) is 2. The van der Waals surface area contributed by atoms with Crippen LogP contribution in [0.1, 0.15) is 38.2 Å². The van der Waals surface area contributed by atoms with E-state index >= 15 is 0 Å². The van der Waals surface area contributed by atoms with Crippen LogP contribution in [0.15, 0.2) is 29.4 Å². The molecule has 1 aliphatic heterocycles. The van der Waals surface area contributed by atoms with Gasteiger partial charge in [0.25, 0.3) is 0 Å². The first-order valence-electron chi connectivity index (χ1n) is 6.29. The molecule has 0 bridgehead atoms. The standard InChI is InChI=1S/C14H20N2/c1-2-3-4-7-13-8-5-9-14(12-13)16-11-6-10-15-16/h5,8-10,12H,2-4,6-7,11H2,1H3. The van der Waals surface area contributed by atoms with E-state index in [2.05, 4.69) is 41.3 Å². The average molecular weight is 216 g/mol. The van der Waals surface area contributed by atoms with Crippen molar-refractivity contribution in [3.63, 3.8) is 0 Å². The Labute approximate surface area is 98.0 Å². The zero-order valence-corrected chi connectivity index (χ0v) is 10.0. The second-order valence-corrected chi connectivity index (χ2v) is 4.34. The molecule has 0 fully saturated rings. The minimum absolute atomic E-state index is 1.03. The number of rotatable bonds is 5. The zero-order valence-electron chi connectivity index (χ0n) is 10.0. The Morgan fingerprint density at radius 2 is 2.25 bits per heavy atom. The number of anilines is 1. The Morgan fingerprint density at radius 1 is 1.31 bits per heavy atom. The van der Waals surface area contributed by atoms with E-state index in [-0.39, 0.29) is 0 Å². The predicted molar refractivity (Wildman–Crippen MR) is 70.1 cm³/mol. The molecule has 86 valence electrons. The molecular weight excluding hydrogens is 196 g/mol. The number of aryl methyl sites for hydroxylation is 1. The molecule has 2 heteroatoms. The molecule has 0 aliphatic carbocycles. The molecule has 1 aromatic carbocycles. The quantitative estimate of drug-likeness (QED) is 0.686. The fourth-order valence-corrected chi connectivity index (χ4v) is 2.04. The van der Waals surface area contributed by atoms with E-state index in [1.165, 1.54) is 36.9 Å². The minimum atomic E-state index is 1.03. The van der Waals surface area contributed by atoms with Gasteiger partial charge >= 0.3 is 0 Å². The summed E-state index contributed by atoms with van der Waals surface area (Å²) in [5.41, 5.74) is 2.68. The van der Waals surface area contributed by atoms with Crippen LogP contribution in [0.2, 0.25) is 0 Å². The molecule has 0 saturated carbocycles. The van der Waals surface area contributed by atoms with Crippen molar-refractivity contribution in [1.82, 2.24) is 0 Å². The van der Waals surface area contributed by atoms with E-state index in [4.69, 9.17) is 0 Å². The lowest BCUT2D eigenvalue weighted by Gasteiger charge is -2.14. The van der Waals surface area contributed by atoms with Gasteiger partial charge in [-0.25, -0.2) is 0 Å². The van der Waals surface area contributed by atoms with Crippen LogP contribution in [0.25, 0.3) is 0 Å². The van der Waals surface area contributed by atoms with Gasteiger partial charge in [-0.2, -0.15) is 5.10 Å². The fourth-order valence-electron chi connectivity index (χ4n) is 2.04. The molecule has 2 rings (SSSR count). The maximum Gasteiger partial charge on any atom is 0.0596 e. The van der Waals surface area contributed by atoms with Crippen LogP contribution in [0, 0.1) is 0 Å². The van der Waals surface area contributed by atoms with E-state index in [0.717, 1.165) is 13.0 Å². The number of hydrogen-bond donors (Lipinski definition) is 0. The first kappa shape index (κ1) is 11.2. The highest BCUT2D eigenvalue weighted by molar-refractivity contribution is 5.65. The molecule has 0 amide bonds. The van der Waals surface area contributed by atoms with Crippen molar-refractivity contribution in [3.05, 3.63) is 29.8 Å². The third-order valence-electron chi connectivity index (χ3n) is 2.97. The Morgan fingerprint density at radius 3 is 3.00 bits per heavy atom. The van der Waals surface area contributed by atoms with E-state index in [1.807, 2.05) is 6.21 Å². The summed E-state index contributed by atoms with van der Waals surface area (Å²) in [6.45, 7) is 3.27. The molecule has 16 heavy (non-hydrogen) atoms. The second kappa shape index (κ2) is 5.69. The summed E-state index contributed by atoms with van der Waals surface area (Å²) in [6, 6.07) is 8.79. The molecule has 0 N–H and O–H groups in total. The number of unbranched alkanes of at least 4 members (excludes halogenated alkanes) is 2. The molecule has 0 spiro atoms. The summed E-state index contributed by atoms with van der Waals surface area (Å²) in [6.07, 6.45) is 8.16. The topological polar surface area (TPSA) is 15.6 Å². The van der Waals surface area contributed by atoms with Crippen molar-refractivity contribution in [1.29, 1.82) is 0 Å². The van der Waals surface area contributed by atoms with Crippen molar-refractivity contribution in [2.75, 3.05) is 11.6 Å². The summed E-state index contributed by atoms with van der Waals surface area (Å²) < 4.78 is 0. The first-order chi connectivity index (χ1) is 7.90. The summed E-state index contributed by atoms with van der Waals surface area (Å²) in [5, 5.41) is 6.44. The van der Waals surface area contributed by atoms with Crippen LogP contribution in [-0.2, 0) is 6.42 Å². The highest BCUT2D eigenvalue weighted by atomic mass is 15.5. The molecule has 1 heterocycles. The van der Waals surface area contributed by atoms with E-state index in [1.54, 1.807) is 0 Å². The van der Waals surface area contributed by atoms with Gasteiger partial charge < -0.3 is 0 Å². The normalized spacial score (nSPS) is 14.7. The van der Waals surface area contributed by atoms with Crippen LogP contribution in [0.3, 0.4) is 0 Å². The van der Waals surface area contributed by atoms with E-state index < -0.39 is 0 Å². The molecule has 0 radical (unpaired) electrons. The van der Waals surface area contributed by atoms with Crippen molar-refractivity contribution < 1.29 is 0 Å². The van der Waals surface area contributed by atoms with Gasteiger partial charge in [0.05, 0.1) is 5.69 Å². The lowest BCUT2D eigenvalue weighted by molar-refractivity contribution is 0.717. The van der Waals surface area contributed by atoms with Crippen molar-refractivity contribution >= 4 is 11.9 Å². The maximum absolute atomic E-state index is 4.35. The molecule has 0 unspecified atom stereocenters. The van der Waals surface area contributed by atoms with Crippen molar-refractivity contribution in [3.8, 4) is 0 Å². The molecule has 1 aromatic rings. The summed E-state index contributed by atoms with van der Waals surface area (Å²) in [4.78, 5) is 0. The lowest BCUT2D eigenvalue weighted by Crippen LogP contribution is -2.11. The summed E-state index contributed by atoms with van der Waals surface area (Å²) in [7, 11) is 0. The van der Waals surface area contributed by atoms with Crippen LogP contribution >= 0.6 is 0 Å². The number of nitrogens with zero attached hydrogens (tertiary/aromatic N) is 2. The van der Waals surface area contributed by atoms with Crippen LogP contribution in [0.5, 0.6) is 0 Å². The van der Waals surface area contributed by atoms with E-state index in [0.29, 0.717) is 0 Å². The fraction of sp³-hybridized carbons (Fsp3) is 0.500. The molecule has 0 atom stereocenters. The average Bonchev–Trinajstić information content (AvgIpc) is 2.83. The Kier molecular flexibility index (Phi) is 3.97. The van der Waals surface area contributed by atoms with Gasteiger partial charge in [-0.1, -0.05) is 31.9 Å². The van der Waals surface area contributed by atoms with Gasteiger partial charge in [-0.15, -0.1) is 0 Å². The minimum Gasteiger partial charge on any atom is -0.265 e. The highest BCUT2D eigenvalue weighted by Crippen LogP contribution is 2.20. The van der Waals surface area contributed by atoms with Crippen molar-refractivity contribution in [2.24, 2.45) is 5.10 Å². The first-order valence-corrected chi connectivity index (χ1v) is 6.29. The Hall–Kier alpha value is -1.31. The molecule has 0 aromatic heterocycles. The summed E-state index contributed by atoms with van der Waals surface area (Å²) >= 11 is 0. The lowest BCUT2D eigenvalue weighted by atomic mass is 10.1. The Bertz CT molecular complexity index is 358. The molecule has 2 nitrogen and oxygen atoms in total. The molecular formula is C14H20N2. The van der Waals surface area contributed by atoms with Crippen LogP contribution in [0.4, 0.5) is 5.69 Å². The Balaban J connectivity index is 1.98. The SMILES string of the molecule is CCCCCc1cccc(N2CCC=N2)c1. The van der Waals surface area contributed by atoms with Gasteiger partial charge in [0.2, 0.25) is 0 Å². The van der Waals surface area contributed by atoms with E-state index in [9.17, 15) is 0 Å². The smallest absolute Gasteiger partial charge is 0.0596 e. The summed E-state index contributed by atoms with van der Waals surface area (Å²) in [5.74, 6) is 0. The largest absolute Gasteiger partial charge is 0.265 e. The third kappa shape index (κ3) is 2.84. The number of hydrazone groups is 1. The maximum atomic E-state index is 4.35. The molecule has 1 aliphatic rings. The second-order valence-electron chi connectivity index (χ2n) is 4.34. The number of benzene rings is 1. The monoisotopic (exact) mass is 216 g/mol. The molecule has 0 saturated heterocycles. The zero-order chi connectivity index (χ0) is 11.2. The predicted octanol–water partition coefficient (Wildman–Crippen LogP) is 3.62. The van der Waals surface area contributed by atoms with Gasteiger partial charge in [0, 0.05) is 19.2 Å².